The van der Waals surface area contributed by atoms with Crippen molar-refractivity contribution in [1.29, 1.82) is 0 Å². The van der Waals surface area contributed by atoms with E-state index in [1.807, 2.05) is 0 Å². The van der Waals surface area contributed by atoms with Crippen LogP contribution in [0.4, 0.5) is 0 Å². The summed E-state index contributed by atoms with van der Waals surface area (Å²) >= 11 is 0. The zero-order chi connectivity index (χ0) is 71.7. The molecule has 8 unspecified atom stereocenters. The molecule has 0 radical (unpaired) electrons. The predicted octanol–water partition coefficient (Wildman–Crippen LogP) is 16.2. The van der Waals surface area contributed by atoms with Crippen molar-refractivity contribution in [3.63, 3.8) is 0 Å². The van der Waals surface area contributed by atoms with Crippen LogP contribution in [-0.2, 0) is 80.5 Å². The van der Waals surface area contributed by atoms with Gasteiger partial charge < -0.3 is 66.3 Å². The van der Waals surface area contributed by atoms with Gasteiger partial charge in [0, 0.05) is 40.9 Å². The van der Waals surface area contributed by atoms with Gasteiger partial charge in [-0.05, 0) is 157 Å². The summed E-state index contributed by atoms with van der Waals surface area (Å²) in [6.07, 6.45) is 5.43. The van der Waals surface area contributed by atoms with Crippen LogP contribution in [0.15, 0.2) is 158 Å². The Morgan fingerprint density at radius 2 is 0.558 bits per heavy atom. The monoisotopic (exact) mass is 1410 g/mol. The van der Waals surface area contributed by atoms with Gasteiger partial charge in [0.1, 0.15) is 129 Å². The molecule has 7 fully saturated rings. The van der Waals surface area contributed by atoms with Crippen molar-refractivity contribution < 1.29 is 66.3 Å². The van der Waals surface area contributed by atoms with Gasteiger partial charge in [0.25, 0.3) is 0 Å². The van der Waals surface area contributed by atoms with Crippen LogP contribution in [0.25, 0.3) is 0 Å². The minimum absolute atomic E-state index is 0.00966. The lowest BCUT2D eigenvalue weighted by Gasteiger charge is -2.31. The summed E-state index contributed by atoms with van der Waals surface area (Å²) < 4.78 is 86.1. The van der Waals surface area contributed by atoms with Crippen molar-refractivity contribution in [3.05, 3.63) is 241 Å². The van der Waals surface area contributed by atoms with Gasteiger partial charge in [0.15, 0.2) is 0 Å². The molecule has 0 saturated carbocycles. The van der Waals surface area contributed by atoms with E-state index in [4.69, 9.17) is 66.3 Å². The zero-order valence-corrected chi connectivity index (χ0v) is 62.5. The Morgan fingerprint density at radius 1 is 0.298 bits per heavy atom. The molecule has 0 amide bonds. The topological polar surface area (TPSA) is 152 Å². The first-order chi connectivity index (χ1) is 50.3. The standard InChI is InChI=1S/C90H104O14/c1-11-57(2)12-13-58-14-15-69(87(3,4)65-16-25-73(26-17-65)91-43-77-47-95-77)37-59(58)34-61-39-71(89(7,8)67-20-29-75(30-21-67)93-45-79-49-97-79)41-63(85(61)103-55-82-52-100-82)36-64-42-72(90(9,10)68-22-31-76(32-23-68)94-46-80-50-98-80)40-62(86(64)104-56-83-53-101-83)35-60-38-70(24-33-84(60)102-54-81-51-99-81)88(5,6)66-18-27-74(28-19-66)92-44-78-48-96-78/h14-33,37-42,57,77-83H,11-13,34-36,43-56H2,1-10H3. The second-order valence-corrected chi connectivity index (χ2v) is 32.1. The summed E-state index contributed by atoms with van der Waals surface area (Å²) in [6.45, 7) is 31.7. The van der Waals surface area contributed by atoms with E-state index in [9.17, 15) is 0 Å². The fourth-order valence-electron chi connectivity index (χ4n) is 14.0. The number of rotatable bonds is 39. The molecule has 7 aliphatic heterocycles. The highest BCUT2D eigenvalue weighted by molar-refractivity contribution is 5.59. The Labute approximate surface area is 615 Å². The fraction of sp³-hybridized carbons (Fsp3) is 0.467. The molecule has 8 atom stereocenters. The number of ether oxygens (including phenoxy) is 14. The second-order valence-electron chi connectivity index (χ2n) is 32.1. The van der Waals surface area contributed by atoms with Crippen molar-refractivity contribution in [1.82, 2.24) is 0 Å². The van der Waals surface area contributed by atoms with E-state index < -0.39 is 16.2 Å². The van der Waals surface area contributed by atoms with Gasteiger partial charge in [0.2, 0.25) is 0 Å². The molecular weight excluding hydrogens is 1300 g/mol. The molecule has 15 rings (SSSR count). The molecule has 0 aromatic heterocycles. The van der Waals surface area contributed by atoms with Gasteiger partial charge in [-0.15, -0.1) is 0 Å². The van der Waals surface area contributed by atoms with Gasteiger partial charge in [-0.2, -0.15) is 0 Å². The van der Waals surface area contributed by atoms with Gasteiger partial charge in [-0.1, -0.05) is 179 Å². The Morgan fingerprint density at radius 3 is 0.885 bits per heavy atom. The highest BCUT2D eigenvalue weighted by atomic mass is 16.6. The summed E-state index contributed by atoms with van der Waals surface area (Å²) in [6, 6.07) is 58.1. The fourth-order valence-corrected chi connectivity index (χ4v) is 14.0. The largest absolute Gasteiger partial charge is 0.491 e. The molecule has 7 saturated heterocycles. The number of hydrogen-bond donors (Lipinski definition) is 0. The van der Waals surface area contributed by atoms with Crippen LogP contribution in [0.2, 0.25) is 0 Å². The summed E-state index contributed by atoms with van der Waals surface area (Å²) in [5.74, 6) is 6.40. The van der Waals surface area contributed by atoms with Crippen molar-refractivity contribution in [2.45, 2.75) is 172 Å². The predicted molar refractivity (Wildman–Crippen MR) is 403 cm³/mol. The number of benzene rings is 8. The molecule has 7 aliphatic rings. The number of hydrogen-bond acceptors (Lipinski definition) is 14. The van der Waals surface area contributed by atoms with Gasteiger partial charge >= 0.3 is 0 Å². The molecule has 0 spiro atoms. The van der Waals surface area contributed by atoms with E-state index in [2.05, 4.69) is 227 Å². The van der Waals surface area contributed by atoms with Crippen LogP contribution in [-0.4, -0.2) is 135 Å². The van der Waals surface area contributed by atoms with Gasteiger partial charge in [-0.25, -0.2) is 0 Å². The Kier molecular flexibility index (Phi) is 21.0. The van der Waals surface area contributed by atoms with Crippen LogP contribution < -0.4 is 33.2 Å². The summed E-state index contributed by atoms with van der Waals surface area (Å²) in [4.78, 5) is 0. The Bertz CT molecular complexity index is 4240. The maximum absolute atomic E-state index is 7.43. The van der Waals surface area contributed by atoms with Crippen molar-refractivity contribution in [3.8, 4) is 40.2 Å². The highest BCUT2D eigenvalue weighted by Crippen LogP contribution is 2.46. The SMILES string of the molecule is CCC(C)CCc1ccc(C(C)(C)c2ccc(OCC3CO3)cc2)cc1Cc1cc(C(C)(C)c2ccc(OCC3CO3)cc2)cc(Cc2cc(C(C)(C)c3ccc(OCC4CO4)cc3)cc(Cc3cc(C(C)(C)c4ccc(OCC5CO5)cc4)ccc3OCC3CO3)c2OCC2CO2)c1OCC1CO1. The molecule has 104 heavy (non-hydrogen) atoms. The quantitative estimate of drug-likeness (QED) is 0.0336. The first kappa shape index (κ1) is 71.7. The van der Waals surface area contributed by atoms with E-state index in [1.165, 1.54) is 38.9 Å². The van der Waals surface area contributed by atoms with E-state index in [1.54, 1.807) is 0 Å². The van der Waals surface area contributed by atoms with E-state index >= 15 is 0 Å². The van der Waals surface area contributed by atoms with E-state index in [0.717, 1.165) is 130 Å². The zero-order valence-electron chi connectivity index (χ0n) is 62.5. The smallest absolute Gasteiger partial charge is 0.126 e. The summed E-state index contributed by atoms with van der Waals surface area (Å²) in [7, 11) is 0. The average Bonchev–Trinajstić information content (AvgIpc) is 1.29. The molecule has 14 heteroatoms. The minimum atomic E-state index is -0.515. The second kappa shape index (κ2) is 30.5. The normalized spacial score (nSPS) is 21.0. The Hall–Kier alpha value is -7.92. The molecule has 8 aromatic carbocycles. The van der Waals surface area contributed by atoms with Gasteiger partial charge in [0.05, 0.1) is 46.2 Å². The van der Waals surface area contributed by atoms with Crippen LogP contribution >= 0.6 is 0 Å². The third-order valence-corrected chi connectivity index (χ3v) is 22.5. The van der Waals surface area contributed by atoms with Crippen molar-refractivity contribution >= 4 is 0 Å². The highest BCUT2D eigenvalue weighted by Gasteiger charge is 2.36. The first-order valence-corrected chi connectivity index (χ1v) is 38.0. The lowest BCUT2D eigenvalue weighted by molar-refractivity contribution is 0.256. The molecule has 0 N–H and O–H groups in total. The third kappa shape index (κ3) is 18.0. The van der Waals surface area contributed by atoms with E-state index in [0.29, 0.717) is 91.2 Å². The molecular formula is C90H104O14. The van der Waals surface area contributed by atoms with Crippen LogP contribution in [0.1, 0.15) is 166 Å². The molecule has 14 nitrogen and oxygen atoms in total. The number of aryl methyl sites for hydroxylation is 1. The molecule has 0 aliphatic carbocycles. The molecule has 548 valence electrons. The summed E-state index contributed by atoms with van der Waals surface area (Å²) in [5.41, 5.74) is 15.6. The van der Waals surface area contributed by atoms with Crippen LogP contribution in [0.3, 0.4) is 0 Å². The van der Waals surface area contributed by atoms with Gasteiger partial charge in [-0.3, -0.25) is 0 Å². The molecule has 7 heterocycles. The van der Waals surface area contributed by atoms with Crippen molar-refractivity contribution in [2.24, 2.45) is 5.92 Å². The lowest BCUT2D eigenvalue weighted by atomic mass is 9.74. The maximum Gasteiger partial charge on any atom is 0.126 e. The summed E-state index contributed by atoms with van der Waals surface area (Å²) in [5, 5.41) is 0. The molecule has 0 bridgehead atoms. The Balaban J connectivity index is 0.879. The minimum Gasteiger partial charge on any atom is -0.491 e. The molecule has 8 aromatic rings. The third-order valence-electron chi connectivity index (χ3n) is 22.5. The first-order valence-electron chi connectivity index (χ1n) is 38.0. The van der Waals surface area contributed by atoms with Crippen molar-refractivity contribution in [2.75, 3.05) is 92.5 Å². The lowest BCUT2D eigenvalue weighted by Crippen LogP contribution is -2.22. The van der Waals surface area contributed by atoms with Crippen LogP contribution in [0.5, 0.6) is 40.2 Å². The van der Waals surface area contributed by atoms with E-state index in [-0.39, 0.29) is 48.1 Å². The number of epoxide rings is 7. The average molecular weight is 1410 g/mol. The maximum atomic E-state index is 7.43. The van der Waals surface area contributed by atoms with Crippen LogP contribution in [0, 0.1) is 5.92 Å².